The number of anilines is 2. The molecule has 1 aromatic carbocycles. The molecular weight excluding hydrogens is 256 g/mol. The maximum atomic E-state index is 4.32. The number of hydrogen-bond acceptors (Lipinski definition) is 4. The Kier molecular flexibility index (Phi) is 2.25. The molecule has 0 fully saturated rings. The summed E-state index contributed by atoms with van der Waals surface area (Å²) in [6.45, 7) is 0. The molecule has 0 saturated carbocycles. The molecule has 92 valence electrons. The number of aromatic amines is 1. The molecule has 4 rings (SSSR count). The summed E-state index contributed by atoms with van der Waals surface area (Å²) >= 11 is 1.62. The van der Waals surface area contributed by atoms with Gasteiger partial charge in [-0.25, -0.2) is 9.97 Å². The normalized spacial score (nSPS) is 11.2. The highest BCUT2D eigenvalue weighted by molar-refractivity contribution is 7.16. The van der Waals surface area contributed by atoms with Gasteiger partial charge in [0.1, 0.15) is 17.0 Å². The van der Waals surface area contributed by atoms with Gasteiger partial charge in [0.05, 0.1) is 5.39 Å². The van der Waals surface area contributed by atoms with Crippen molar-refractivity contribution in [3.63, 3.8) is 0 Å². The van der Waals surface area contributed by atoms with E-state index in [0.717, 1.165) is 27.2 Å². The lowest BCUT2D eigenvalue weighted by Gasteiger charge is -2.06. The van der Waals surface area contributed by atoms with E-state index in [-0.39, 0.29) is 0 Å². The highest BCUT2D eigenvalue weighted by Crippen LogP contribution is 2.27. The van der Waals surface area contributed by atoms with Crippen molar-refractivity contribution in [3.05, 3.63) is 48.2 Å². The summed E-state index contributed by atoms with van der Waals surface area (Å²) in [4.78, 5) is 12.8. The molecule has 0 aliphatic rings. The largest absolute Gasteiger partial charge is 0.361 e. The third kappa shape index (κ3) is 1.75. The van der Waals surface area contributed by atoms with Crippen molar-refractivity contribution in [1.29, 1.82) is 0 Å². The quantitative estimate of drug-likeness (QED) is 0.578. The van der Waals surface area contributed by atoms with Crippen LogP contribution in [-0.2, 0) is 0 Å². The van der Waals surface area contributed by atoms with Gasteiger partial charge in [-0.2, -0.15) is 0 Å². The lowest BCUT2D eigenvalue weighted by molar-refractivity contribution is 1.23. The Morgan fingerprint density at radius 2 is 2.11 bits per heavy atom. The van der Waals surface area contributed by atoms with Gasteiger partial charge in [0.2, 0.25) is 0 Å². The van der Waals surface area contributed by atoms with E-state index in [9.17, 15) is 0 Å². The number of nitrogens with zero attached hydrogens (tertiary/aromatic N) is 2. The summed E-state index contributed by atoms with van der Waals surface area (Å²) in [6, 6.07) is 10.3. The minimum absolute atomic E-state index is 0.848. The maximum Gasteiger partial charge on any atom is 0.142 e. The van der Waals surface area contributed by atoms with Crippen LogP contribution in [0, 0.1) is 0 Å². The number of hydrogen-bond donors (Lipinski definition) is 2. The zero-order chi connectivity index (χ0) is 12.7. The Balaban J connectivity index is 1.79. The van der Waals surface area contributed by atoms with Crippen LogP contribution in [0.25, 0.3) is 21.1 Å². The van der Waals surface area contributed by atoms with E-state index in [1.165, 1.54) is 5.39 Å². The van der Waals surface area contributed by atoms with Crippen LogP contribution in [0.5, 0.6) is 0 Å². The average Bonchev–Trinajstić information content (AvgIpc) is 3.06. The molecule has 4 nitrogen and oxygen atoms in total. The lowest BCUT2D eigenvalue weighted by atomic mass is 10.2. The molecule has 2 N–H and O–H groups in total. The van der Waals surface area contributed by atoms with Crippen LogP contribution >= 0.6 is 11.3 Å². The summed E-state index contributed by atoms with van der Waals surface area (Å²) in [5, 5.41) is 7.62. The predicted molar refractivity (Wildman–Crippen MR) is 79.0 cm³/mol. The van der Waals surface area contributed by atoms with E-state index in [1.807, 2.05) is 23.7 Å². The maximum absolute atomic E-state index is 4.32. The average molecular weight is 266 g/mol. The molecule has 3 heterocycles. The van der Waals surface area contributed by atoms with E-state index in [4.69, 9.17) is 0 Å². The van der Waals surface area contributed by atoms with Gasteiger partial charge in [-0.3, -0.25) is 0 Å². The van der Waals surface area contributed by atoms with E-state index in [0.29, 0.717) is 0 Å². The number of nitrogens with one attached hydrogen (secondary N) is 2. The molecule has 0 bridgehead atoms. The number of aromatic nitrogens is 3. The van der Waals surface area contributed by atoms with Crippen LogP contribution in [0.3, 0.4) is 0 Å². The second-order valence-electron chi connectivity index (χ2n) is 4.27. The fourth-order valence-corrected chi connectivity index (χ4v) is 2.89. The fourth-order valence-electron chi connectivity index (χ4n) is 2.16. The van der Waals surface area contributed by atoms with Gasteiger partial charge in [0, 0.05) is 22.8 Å². The number of H-pyrrole nitrogens is 1. The number of fused-ring (bicyclic) bond motifs is 2. The van der Waals surface area contributed by atoms with Crippen LogP contribution < -0.4 is 5.32 Å². The highest BCUT2D eigenvalue weighted by atomic mass is 32.1. The predicted octanol–water partition coefficient (Wildman–Crippen LogP) is 3.92. The number of thiophene rings is 1. The van der Waals surface area contributed by atoms with Gasteiger partial charge >= 0.3 is 0 Å². The van der Waals surface area contributed by atoms with E-state index >= 15 is 0 Å². The third-order valence-electron chi connectivity index (χ3n) is 3.08. The minimum atomic E-state index is 0.848. The minimum Gasteiger partial charge on any atom is -0.361 e. The molecule has 0 aliphatic heterocycles. The van der Waals surface area contributed by atoms with E-state index in [1.54, 1.807) is 17.7 Å². The SMILES string of the molecule is c1nc(Nc2ccc3[nH]ccc3c2)c2ccsc2n1. The van der Waals surface area contributed by atoms with Gasteiger partial charge in [-0.15, -0.1) is 11.3 Å². The summed E-state index contributed by atoms with van der Waals surface area (Å²) in [5.41, 5.74) is 2.16. The Labute approximate surface area is 113 Å². The lowest BCUT2D eigenvalue weighted by Crippen LogP contribution is -1.94. The smallest absolute Gasteiger partial charge is 0.142 e. The van der Waals surface area contributed by atoms with Gasteiger partial charge in [-0.1, -0.05) is 0 Å². The van der Waals surface area contributed by atoms with Gasteiger partial charge in [0.15, 0.2) is 0 Å². The topological polar surface area (TPSA) is 53.6 Å². The van der Waals surface area contributed by atoms with Crippen molar-refractivity contribution in [2.75, 3.05) is 5.32 Å². The van der Waals surface area contributed by atoms with E-state index < -0.39 is 0 Å². The summed E-state index contributed by atoms with van der Waals surface area (Å²) in [6.07, 6.45) is 3.53. The van der Waals surface area contributed by atoms with Crippen molar-refractivity contribution in [1.82, 2.24) is 15.0 Å². The van der Waals surface area contributed by atoms with Gasteiger partial charge < -0.3 is 10.3 Å². The standard InChI is InChI=1S/C14H10N4S/c1-2-12-9(3-5-15-12)7-10(1)18-13-11-4-6-19-14(11)17-8-16-13/h1-8,15H,(H,16,17,18). The molecule has 0 radical (unpaired) electrons. The fraction of sp³-hybridized carbons (Fsp3) is 0. The first kappa shape index (κ1) is 10.5. The van der Waals surface area contributed by atoms with Crippen LogP contribution in [0.15, 0.2) is 48.2 Å². The van der Waals surface area contributed by atoms with Crippen molar-refractivity contribution in [2.24, 2.45) is 0 Å². The van der Waals surface area contributed by atoms with Crippen LogP contribution in [0.1, 0.15) is 0 Å². The molecule has 19 heavy (non-hydrogen) atoms. The first-order valence-electron chi connectivity index (χ1n) is 5.92. The van der Waals surface area contributed by atoms with Gasteiger partial charge in [-0.05, 0) is 35.7 Å². The monoisotopic (exact) mass is 266 g/mol. The molecule has 4 aromatic rings. The van der Waals surface area contributed by atoms with Crippen LogP contribution in [0.4, 0.5) is 11.5 Å². The molecule has 0 aliphatic carbocycles. The van der Waals surface area contributed by atoms with Crippen LogP contribution in [0.2, 0.25) is 0 Å². The second-order valence-corrected chi connectivity index (χ2v) is 5.16. The zero-order valence-corrected chi connectivity index (χ0v) is 10.7. The zero-order valence-electron chi connectivity index (χ0n) is 9.92. The second kappa shape index (κ2) is 4.07. The van der Waals surface area contributed by atoms with E-state index in [2.05, 4.69) is 38.5 Å². The van der Waals surface area contributed by atoms with Gasteiger partial charge in [0.25, 0.3) is 0 Å². The molecule has 5 heteroatoms. The molecule has 0 unspecified atom stereocenters. The Morgan fingerprint density at radius 1 is 1.11 bits per heavy atom. The van der Waals surface area contributed by atoms with Crippen LogP contribution in [-0.4, -0.2) is 15.0 Å². The first-order valence-corrected chi connectivity index (χ1v) is 6.80. The molecule has 0 amide bonds. The molecule has 3 aromatic heterocycles. The Bertz CT molecular complexity index is 862. The summed E-state index contributed by atoms with van der Waals surface area (Å²) in [5.74, 6) is 0.848. The third-order valence-corrected chi connectivity index (χ3v) is 3.90. The van der Waals surface area contributed by atoms with Crippen molar-refractivity contribution in [2.45, 2.75) is 0 Å². The number of benzene rings is 1. The van der Waals surface area contributed by atoms with Crippen molar-refractivity contribution < 1.29 is 0 Å². The highest BCUT2D eigenvalue weighted by Gasteiger charge is 2.05. The molecule has 0 spiro atoms. The molecule has 0 saturated heterocycles. The summed E-state index contributed by atoms with van der Waals surface area (Å²) < 4.78 is 0. The Hall–Kier alpha value is -2.40. The van der Waals surface area contributed by atoms with Crippen molar-refractivity contribution >= 4 is 44.0 Å². The Morgan fingerprint density at radius 3 is 3.11 bits per heavy atom. The summed E-state index contributed by atoms with van der Waals surface area (Å²) in [7, 11) is 0. The van der Waals surface area contributed by atoms with Crippen molar-refractivity contribution in [3.8, 4) is 0 Å². The first-order chi connectivity index (χ1) is 9.40. The molecular formula is C14H10N4S. The molecule has 0 atom stereocenters. The number of rotatable bonds is 2.